The molecule has 0 radical (unpaired) electrons. The summed E-state index contributed by atoms with van der Waals surface area (Å²) in [5.74, 6) is 1.81. The smallest absolute Gasteiger partial charge is 0.164 e. The van der Waals surface area contributed by atoms with E-state index in [1.54, 1.807) is 0 Å². The summed E-state index contributed by atoms with van der Waals surface area (Å²) in [4.78, 5) is 15.1. The van der Waals surface area contributed by atoms with Crippen molar-refractivity contribution >= 4 is 65.7 Å². The second kappa shape index (κ2) is 12.3. The van der Waals surface area contributed by atoms with Crippen molar-refractivity contribution in [2.75, 3.05) is 0 Å². The minimum absolute atomic E-state index is 0.585. The van der Waals surface area contributed by atoms with Crippen molar-refractivity contribution in [1.29, 1.82) is 0 Å². The van der Waals surface area contributed by atoms with Crippen LogP contribution in [0.4, 0.5) is 0 Å². The van der Waals surface area contributed by atoms with Crippen LogP contribution < -0.4 is 0 Å². The summed E-state index contributed by atoms with van der Waals surface area (Å²) in [5.41, 5.74) is 11.4. The molecule has 0 saturated heterocycles. The van der Waals surface area contributed by atoms with Crippen LogP contribution in [0, 0.1) is 0 Å². The molecule has 0 aliphatic carbocycles. The predicted molar refractivity (Wildman–Crippen MR) is 230 cm³/mol. The highest BCUT2D eigenvalue weighted by Gasteiger charge is 2.22. The summed E-state index contributed by atoms with van der Waals surface area (Å²) in [6, 6.07) is 62.5. The van der Waals surface area contributed by atoms with Gasteiger partial charge < -0.3 is 13.4 Å². The summed E-state index contributed by atoms with van der Waals surface area (Å²) in [6.07, 6.45) is 0. The molecular formula is C51H30N4O2. The van der Waals surface area contributed by atoms with Crippen molar-refractivity contribution in [3.05, 3.63) is 182 Å². The Morgan fingerprint density at radius 1 is 0.351 bits per heavy atom. The molecule has 0 amide bonds. The molecule has 0 fully saturated rings. The quantitative estimate of drug-likeness (QED) is 0.176. The molecule has 0 spiro atoms. The topological polar surface area (TPSA) is 69.9 Å². The number of furan rings is 2. The van der Waals surface area contributed by atoms with Gasteiger partial charge in [-0.05, 0) is 48.0 Å². The van der Waals surface area contributed by atoms with Gasteiger partial charge in [-0.25, -0.2) is 15.0 Å². The van der Waals surface area contributed by atoms with Crippen LogP contribution in [0.5, 0.6) is 0 Å². The fourth-order valence-corrected chi connectivity index (χ4v) is 8.55. The molecule has 12 rings (SSSR count). The molecule has 8 aromatic carbocycles. The van der Waals surface area contributed by atoms with Crippen molar-refractivity contribution in [2.45, 2.75) is 0 Å². The fraction of sp³-hybridized carbons (Fsp3) is 0. The molecule has 4 aromatic heterocycles. The summed E-state index contributed by atoms with van der Waals surface area (Å²) in [6.45, 7) is 0. The van der Waals surface area contributed by atoms with E-state index in [1.165, 1.54) is 21.8 Å². The molecule has 0 N–H and O–H groups in total. The molecule has 0 saturated carbocycles. The largest absolute Gasteiger partial charge is 0.456 e. The molecule has 57 heavy (non-hydrogen) atoms. The molecule has 6 nitrogen and oxygen atoms in total. The molecule has 6 heteroatoms. The zero-order valence-corrected chi connectivity index (χ0v) is 30.4. The van der Waals surface area contributed by atoms with Gasteiger partial charge in [-0.15, -0.1) is 0 Å². The minimum atomic E-state index is 0.585. The van der Waals surface area contributed by atoms with Crippen LogP contribution in [-0.4, -0.2) is 19.5 Å². The number of nitrogens with zero attached hydrogens (tertiary/aromatic N) is 4. The predicted octanol–water partition coefficient (Wildman–Crippen LogP) is 13.4. The maximum absolute atomic E-state index is 6.84. The van der Waals surface area contributed by atoms with E-state index in [9.17, 15) is 0 Å². The van der Waals surface area contributed by atoms with Gasteiger partial charge in [-0.3, -0.25) is 0 Å². The average molecular weight is 731 g/mol. The Balaban J connectivity index is 1.07. The zero-order valence-electron chi connectivity index (χ0n) is 30.4. The molecule has 0 aliphatic heterocycles. The lowest BCUT2D eigenvalue weighted by atomic mass is 9.96. The number of rotatable bonds is 5. The van der Waals surface area contributed by atoms with E-state index in [-0.39, 0.29) is 0 Å². The molecule has 0 aliphatic rings. The Kier molecular flexibility index (Phi) is 6.83. The van der Waals surface area contributed by atoms with Gasteiger partial charge >= 0.3 is 0 Å². The molecular weight excluding hydrogens is 701 g/mol. The Hall–Kier alpha value is -7.83. The number of hydrogen-bond acceptors (Lipinski definition) is 5. The second-order valence-electron chi connectivity index (χ2n) is 14.3. The lowest BCUT2D eigenvalue weighted by Gasteiger charge is -2.09. The number of hydrogen-bond donors (Lipinski definition) is 0. The van der Waals surface area contributed by atoms with Crippen molar-refractivity contribution in [1.82, 2.24) is 19.5 Å². The van der Waals surface area contributed by atoms with Crippen LogP contribution in [0.15, 0.2) is 191 Å². The first kappa shape index (κ1) is 31.5. The van der Waals surface area contributed by atoms with Crippen molar-refractivity contribution in [2.24, 2.45) is 0 Å². The van der Waals surface area contributed by atoms with Gasteiger partial charge in [0.25, 0.3) is 0 Å². The molecule has 4 heterocycles. The maximum atomic E-state index is 6.84. The van der Waals surface area contributed by atoms with E-state index in [1.807, 2.05) is 78.9 Å². The third-order valence-corrected chi connectivity index (χ3v) is 11.1. The highest BCUT2D eigenvalue weighted by molar-refractivity contribution is 6.19. The summed E-state index contributed by atoms with van der Waals surface area (Å²) >= 11 is 0. The Labute approximate surface area is 325 Å². The van der Waals surface area contributed by atoms with Gasteiger partial charge in [-0.2, -0.15) is 0 Å². The van der Waals surface area contributed by atoms with Crippen LogP contribution in [0.3, 0.4) is 0 Å². The average Bonchev–Trinajstić information content (AvgIpc) is 3.96. The van der Waals surface area contributed by atoms with Gasteiger partial charge in [0.05, 0.1) is 11.0 Å². The first-order valence-electron chi connectivity index (χ1n) is 19.0. The summed E-state index contributed by atoms with van der Waals surface area (Å²) < 4.78 is 15.7. The number of para-hydroxylation sites is 3. The van der Waals surface area contributed by atoms with Crippen LogP contribution in [0.2, 0.25) is 0 Å². The summed E-state index contributed by atoms with van der Waals surface area (Å²) in [7, 11) is 0. The van der Waals surface area contributed by atoms with E-state index < -0.39 is 0 Å². The Bertz CT molecular complexity index is 3410. The standard InChI is InChI=1S/C51H30N4O2/c1-3-14-31(15-4-1)49-52-50(32-16-5-2-6-17-32)54-51(53-49)39-23-13-27-45-47(39)38-22-11-21-37(48(38)57-45)36-20-12-26-44-46(36)40-30-33(28-29-43(40)56-44)55-41-24-9-7-18-34(41)35-19-8-10-25-42(35)55/h1-30H. The molecule has 266 valence electrons. The second-order valence-corrected chi connectivity index (χ2v) is 14.3. The van der Waals surface area contributed by atoms with Gasteiger partial charge in [0.1, 0.15) is 22.3 Å². The van der Waals surface area contributed by atoms with Crippen LogP contribution in [0.1, 0.15) is 0 Å². The van der Waals surface area contributed by atoms with Gasteiger partial charge in [-0.1, -0.05) is 140 Å². The van der Waals surface area contributed by atoms with Crippen LogP contribution >= 0.6 is 0 Å². The maximum Gasteiger partial charge on any atom is 0.164 e. The lowest BCUT2D eigenvalue weighted by molar-refractivity contribution is 0.668. The summed E-state index contributed by atoms with van der Waals surface area (Å²) in [5, 5.41) is 6.48. The number of fused-ring (bicyclic) bond motifs is 9. The van der Waals surface area contributed by atoms with Gasteiger partial charge in [0, 0.05) is 60.3 Å². The lowest BCUT2D eigenvalue weighted by Crippen LogP contribution is -2.00. The fourth-order valence-electron chi connectivity index (χ4n) is 8.55. The highest BCUT2D eigenvalue weighted by atomic mass is 16.3. The van der Waals surface area contributed by atoms with Crippen LogP contribution in [0.25, 0.3) is 117 Å². The van der Waals surface area contributed by atoms with Gasteiger partial charge in [0.15, 0.2) is 17.5 Å². The Morgan fingerprint density at radius 3 is 1.56 bits per heavy atom. The first-order chi connectivity index (χ1) is 28.3. The third-order valence-electron chi connectivity index (χ3n) is 11.1. The molecule has 0 bridgehead atoms. The monoisotopic (exact) mass is 730 g/mol. The minimum Gasteiger partial charge on any atom is -0.456 e. The first-order valence-corrected chi connectivity index (χ1v) is 19.0. The number of benzene rings is 8. The van der Waals surface area contributed by atoms with Crippen LogP contribution in [-0.2, 0) is 0 Å². The number of aromatic nitrogens is 4. The SMILES string of the molecule is c1ccc(-c2nc(-c3ccccc3)nc(-c3cccc4oc5c(-c6cccc7oc8ccc(-n9c%10ccccc%10c%10ccccc%109)cc8c67)cccc5c34)n2)cc1. The Morgan fingerprint density at radius 2 is 0.877 bits per heavy atom. The molecule has 12 aromatic rings. The van der Waals surface area contributed by atoms with E-state index in [2.05, 4.69) is 108 Å². The molecule has 0 unspecified atom stereocenters. The van der Waals surface area contributed by atoms with Crippen molar-refractivity contribution in [3.8, 4) is 51.0 Å². The van der Waals surface area contributed by atoms with E-state index in [0.29, 0.717) is 17.5 Å². The van der Waals surface area contributed by atoms with Gasteiger partial charge in [0.2, 0.25) is 0 Å². The van der Waals surface area contributed by atoms with Crippen molar-refractivity contribution < 1.29 is 8.83 Å². The normalized spacial score (nSPS) is 11.9. The highest BCUT2D eigenvalue weighted by Crippen LogP contribution is 2.44. The van der Waals surface area contributed by atoms with E-state index >= 15 is 0 Å². The zero-order chi connectivity index (χ0) is 37.5. The van der Waals surface area contributed by atoms with Crippen molar-refractivity contribution in [3.63, 3.8) is 0 Å². The van der Waals surface area contributed by atoms with E-state index in [4.69, 9.17) is 23.8 Å². The van der Waals surface area contributed by atoms with E-state index in [0.717, 1.165) is 77.4 Å². The third kappa shape index (κ3) is 4.87. The molecule has 0 atom stereocenters.